The van der Waals surface area contributed by atoms with Gasteiger partial charge in [0.15, 0.2) is 0 Å². The molecule has 0 bridgehead atoms. The second-order valence-electron chi connectivity index (χ2n) is 2.66. The Kier molecular flexibility index (Phi) is 3.62. The van der Waals surface area contributed by atoms with E-state index in [1.807, 2.05) is 0 Å². The number of ether oxygens (including phenoxy) is 1. The number of hydrogen-bond acceptors (Lipinski definition) is 4. The van der Waals surface area contributed by atoms with Crippen LogP contribution in [0.5, 0.6) is 5.75 Å². The van der Waals surface area contributed by atoms with Gasteiger partial charge >= 0.3 is 5.69 Å². The minimum atomic E-state index is -0.635. The van der Waals surface area contributed by atoms with Crippen molar-refractivity contribution in [1.82, 2.24) is 0 Å². The van der Waals surface area contributed by atoms with Gasteiger partial charge in [-0.1, -0.05) is 11.6 Å². The number of benzene rings is 1. The van der Waals surface area contributed by atoms with Crippen LogP contribution in [0.15, 0.2) is 12.1 Å². The summed E-state index contributed by atoms with van der Waals surface area (Å²) in [6, 6.07) is 2.45. The van der Waals surface area contributed by atoms with Gasteiger partial charge in [0.2, 0.25) is 5.75 Å². The Bertz CT molecular complexity index is 405. The zero-order valence-corrected chi connectivity index (χ0v) is 8.65. The van der Waals surface area contributed by atoms with Crippen LogP contribution in [0.2, 0.25) is 5.02 Å². The lowest BCUT2D eigenvalue weighted by Crippen LogP contribution is -1.99. The molecule has 0 saturated heterocycles. The molecule has 80 valence electrons. The average molecular weight is 230 g/mol. The van der Waals surface area contributed by atoms with Gasteiger partial charge in [-0.05, 0) is 13.0 Å². The number of nitrogens with zero attached hydrogens (tertiary/aromatic N) is 1. The minimum absolute atomic E-state index is 0.00485. The molecule has 0 aromatic heterocycles. The number of nitro groups is 1. The van der Waals surface area contributed by atoms with Crippen molar-refractivity contribution < 1.29 is 14.5 Å². The molecule has 1 aromatic rings. The Labute approximate surface area is 90.8 Å². The highest BCUT2D eigenvalue weighted by atomic mass is 35.5. The van der Waals surface area contributed by atoms with Gasteiger partial charge in [-0.15, -0.1) is 0 Å². The van der Waals surface area contributed by atoms with Gasteiger partial charge in [-0.2, -0.15) is 0 Å². The number of carbonyl (C=O) groups is 1. The molecular weight excluding hydrogens is 222 g/mol. The van der Waals surface area contributed by atoms with E-state index in [1.54, 1.807) is 6.92 Å². The Morgan fingerprint density at radius 2 is 2.27 bits per heavy atom. The Balaban J connectivity index is 3.34. The molecule has 0 radical (unpaired) electrons. The molecular formula is C9H8ClNO4. The fourth-order valence-electron chi connectivity index (χ4n) is 1.09. The number of aldehydes is 1. The predicted molar refractivity (Wildman–Crippen MR) is 54.7 cm³/mol. The second kappa shape index (κ2) is 4.75. The van der Waals surface area contributed by atoms with Crippen molar-refractivity contribution >= 4 is 23.6 Å². The van der Waals surface area contributed by atoms with Crippen LogP contribution in [0.3, 0.4) is 0 Å². The highest BCUT2D eigenvalue weighted by Gasteiger charge is 2.19. The van der Waals surface area contributed by atoms with E-state index in [-0.39, 0.29) is 28.6 Å². The third-order valence-corrected chi connectivity index (χ3v) is 1.95. The minimum Gasteiger partial charge on any atom is -0.486 e. The zero-order valence-electron chi connectivity index (χ0n) is 7.90. The van der Waals surface area contributed by atoms with Crippen LogP contribution < -0.4 is 4.74 Å². The van der Waals surface area contributed by atoms with Crippen molar-refractivity contribution in [3.05, 3.63) is 32.8 Å². The molecule has 0 unspecified atom stereocenters. The second-order valence-corrected chi connectivity index (χ2v) is 3.07. The lowest BCUT2D eigenvalue weighted by molar-refractivity contribution is -0.385. The Hall–Kier alpha value is -1.62. The highest BCUT2D eigenvalue weighted by Crippen LogP contribution is 2.35. The summed E-state index contributed by atoms with van der Waals surface area (Å²) >= 11 is 5.75. The van der Waals surface area contributed by atoms with Crippen molar-refractivity contribution in [1.29, 1.82) is 0 Å². The quantitative estimate of drug-likeness (QED) is 0.452. The summed E-state index contributed by atoms with van der Waals surface area (Å²) in [6.45, 7) is 1.95. The van der Waals surface area contributed by atoms with Crippen LogP contribution in [0.1, 0.15) is 17.3 Å². The summed E-state index contributed by atoms with van der Waals surface area (Å²) in [5.41, 5.74) is -0.151. The number of halogens is 1. The van der Waals surface area contributed by atoms with E-state index < -0.39 is 4.92 Å². The van der Waals surface area contributed by atoms with Gasteiger partial charge in [0.1, 0.15) is 6.29 Å². The summed E-state index contributed by atoms with van der Waals surface area (Å²) in [5.74, 6) is -0.00485. The summed E-state index contributed by atoms with van der Waals surface area (Å²) in [6.07, 6.45) is 0.495. The van der Waals surface area contributed by atoms with E-state index in [4.69, 9.17) is 16.3 Å². The highest BCUT2D eigenvalue weighted by molar-refractivity contribution is 6.32. The maximum atomic E-state index is 10.7. The van der Waals surface area contributed by atoms with E-state index in [0.717, 1.165) is 6.07 Å². The van der Waals surface area contributed by atoms with Crippen molar-refractivity contribution in [3.8, 4) is 5.75 Å². The van der Waals surface area contributed by atoms with Crippen LogP contribution in [0.4, 0.5) is 5.69 Å². The van der Waals surface area contributed by atoms with E-state index >= 15 is 0 Å². The number of hydrogen-bond donors (Lipinski definition) is 0. The molecule has 0 aliphatic rings. The molecule has 0 fully saturated rings. The largest absolute Gasteiger partial charge is 0.486 e. The SMILES string of the molecule is CCOc1c(Cl)cc(C=O)cc1[N+](=O)[O-]. The molecule has 0 N–H and O–H groups in total. The van der Waals surface area contributed by atoms with Crippen LogP contribution in [-0.2, 0) is 0 Å². The molecule has 1 aromatic carbocycles. The standard InChI is InChI=1S/C9H8ClNO4/c1-2-15-9-7(10)3-6(5-12)4-8(9)11(13)14/h3-5H,2H2,1H3. The number of nitro benzene ring substituents is 1. The third-order valence-electron chi connectivity index (χ3n) is 1.67. The molecule has 0 saturated carbocycles. The molecule has 0 atom stereocenters. The van der Waals surface area contributed by atoms with Crippen LogP contribution in [0, 0.1) is 10.1 Å². The lowest BCUT2D eigenvalue weighted by Gasteiger charge is -2.06. The van der Waals surface area contributed by atoms with Crippen LogP contribution >= 0.6 is 11.6 Å². The predicted octanol–water partition coefficient (Wildman–Crippen LogP) is 2.46. The molecule has 5 nitrogen and oxygen atoms in total. The maximum Gasteiger partial charge on any atom is 0.313 e. The van der Waals surface area contributed by atoms with Gasteiger partial charge in [-0.3, -0.25) is 14.9 Å². The first kappa shape index (κ1) is 11.5. The van der Waals surface area contributed by atoms with E-state index in [9.17, 15) is 14.9 Å². The maximum absolute atomic E-state index is 10.7. The third kappa shape index (κ3) is 2.44. The zero-order chi connectivity index (χ0) is 11.4. The van der Waals surface area contributed by atoms with E-state index in [2.05, 4.69) is 0 Å². The van der Waals surface area contributed by atoms with Crippen molar-refractivity contribution in [2.75, 3.05) is 6.61 Å². The fourth-order valence-corrected chi connectivity index (χ4v) is 1.37. The molecule has 0 spiro atoms. The van der Waals surface area contributed by atoms with Crippen molar-refractivity contribution in [3.63, 3.8) is 0 Å². The first-order valence-corrected chi connectivity index (χ1v) is 4.53. The summed E-state index contributed by atoms with van der Waals surface area (Å²) in [7, 11) is 0. The smallest absolute Gasteiger partial charge is 0.313 e. The van der Waals surface area contributed by atoms with Crippen molar-refractivity contribution in [2.24, 2.45) is 0 Å². The summed E-state index contributed by atoms with van der Waals surface area (Å²) in [4.78, 5) is 20.5. The summed E-state index contributed by atoms with van der Waals surface area (Å²) in [5, 5.41) is 10.7. The van der Waals surface area contributed by atoms with Crippen LogP contribution in [0.25, 0.3) is 0 Å². The molecule has 0 aliphatic carbocycles. The van der Waals surface area contributed by atoms with E-state index in [1.165, 1.54) is 6.07 Å². The molecule has 15 heavy (non-hydrogen) atoms. The number of rotatable bonds is 4. The Morgan fingerprint density at radius 3 is 2.73 bits per heavy atom. The fraction of sp³-hybridized carbons (Fsp3) is 0.222. The average Bonchev–Trinajstić information content (AvgIpc) is 2.20. The van der Waals surface area contributed by atoms with Crippen LogP contribution in [-0.4, -0.2) is 17.8 Å². The van der Waals surface area contributed by atoms with Crippen molar-refractivity contribution in [2.45, 2.75) is 6.92 Å². The first-order valence-electron chi connectivity index (χ1n) is 4.16. The van der Waals surface area contributed by atoms with Gasteiger partial charge in [0.05, 0.1) is 16.6 Å². The molecule has 0 heterocycles. The van der Waals surface area contributed by atoms with Gasteiger partial charge in [0.25, 0.3) is 0 Å². The molecule has 0 amide bonds. The van der Waals surface area contributed by atoms with Gasteiger partial charge in [0, 0.05) is 11.6 Å². The topological polar surface area (TPSA) is 69.4 Å². The first-order chi connectivity index (χ1) is 7.10. The van der Waals surface area contributed by atoms with Gasteiger partial charge < -0.3 is 4.74 Å². The molecule has 1 rings (SSSR count). The summed E-state index contributed by atoms with van der Waals surface area (Å²) < 4.78 is 5.04. The van der Waals surface area contributed by atoms with Gasteiger partial charge in [-0.25, -0.2) is 0 Å². The molecule has 6 heteroatoms. The monoisotopic (exact) mass is 229 g/mol. The normalized spacial score (nSPS) is 9.73. The molecule has 0 aliphatic heterocycles. The lowest BCUT2D eigenvalue weighted by atomic mass is 10.2. The Morgan fingerprint density at radius 1 is 1.60 bits per heavy atom. The number of carbonyl (C=O) groups excluding carboxylic acids is 1. The van der Waals surface area contributed by atoms with E-state index in [0.29, 0.717) is 6.29 Å².